The van der Waals surface area contributed by atoms with Crippen molar-refractivity contribution in [3.05, 3.63) is 36.0 Å². The maximum absolute atomic E-state index is 12.7. The minimum Gasteiger partial charge on any atom is -0.404 e. The van der Waals surface area contributed by atoms with E-state index < -0.39 is 27.0 Å². The van der Waals surface area contributed by atoms with Gasteiger partial charge in [-0.2, -0.15) is 5.26 Å². The highest BCUT2D eigenvalue weighted by Crippen LogP contribution is 2.34. The second-order valence-corrected chi connectivity index (χ2v) is 7.35. The average molecular weight is 373 g/mol. The number of hydrogen-bond acceptors (Lipinski definition) is 4. The van der Waals surface area contributed by atoms with Crippen LogP contribution in [0.15, 0.2) is 35.2 Å². The number of nitrogens with zero attached hydrogens (tertiary/aromatic N) is 2. The highest BCUT2D eigenvalue weighted by atomic mass is 32.2. The molecule has 0 spiro atoms. The van der Waals surface area contributed by atoms with Crippen molar-refractivity contribution in [3.63, 3.8) is 0 Å². The Labute approximate surface area is 142 Å². The predicted octanol–water partition coefficient (Wildman–Crippen LogP) is 2.90. The van der Waals surface area contributed by atoms with Crippen molar-refractivity contribution in [2.45, 2.75) is 17.7 Å². The molecule has 1 N–H and O–H groups in total. The van der Waals surface area contributed by atoms with Gasteiger partial charge in [0.25, 0.3) is 0 Å². The van der Waals surface area contributed by atoms with Crippen molar-refractivity contribution >= 4 is 10.0 Å². The molecule has 2 rings (SSSR count). The van der Waals surface area contributed by atoms with Gasteiger partial charge in [-0.05, 0) is 24.3 Å². The number of aromatic nitrogens is 1. The van der Waals surface area contributed by atoms with E-state index in [2.05, 4.69) is 9.72 Å². The Kier molecular flexibility index (Phi) is 5.10. The van der Waals surface area contributed by atoms with E-state index in [4.69, 9.17) is 5.26 Å². The zero-order valence-electron chi connectivity index (χ0n) is 13.3. The summed E-state index contributed by atoms with van der Waals surface area (Å²) >= 11 is 0. The van der Waals surface area contributed by atoms with E-state index in [-0.39, 0.29) is 6.42 Å². The summed E-state index contributed by atoms with van der Waals surface area (Å²) in [5.74, 6) is -0.824. The molecule has 0 fully saturated rings. The largest absolute Gasteiger partial charge is 0.573 e. The molecule has 0 saturated heterocycles. The predicted molar refractivity (Wildman–Crippen MR) is 83.1 cm³/mol. The topological polar surface area (TPSA) is 86.2 Å². The summed E-state index contributed by atoms with van der Waals surface area (Å²) in [7, 11) is -1.71. The first-order valence-corrected chi connectivity index (χ1v) is 8.36. The first-order chi connectivity index (χ1) is 11.5. The van der Waals surface area contributed by atoms with E-state index >= 15 is 0 Å². The Bertz CT molecular complexity index is 912. The van der Waals surface area contributed by atoms with Crippen molar-refractivity contribution < 1.29 is 26.3 Å². The molecule has 134 valence electrons. The van der Waals surface area contributed by atoms with E-state index in [0.29, 0.717) is 17.0 Å². The molecule has 1 aromatic carbocycles. The number of nitriles is 1. The first-order valence-electron chi connectivity index (χ1n) is 6.92. The fourth-order valence-corrected chi connectivity index (χ4v) is 3.07. The molecule has 0 atom stereocenters. The van der Waals surface area contributed by atoms with E-state index in [1.807, 2.05) is 6.07 Å². The van der Waals surface area contributed by atoms with E-state index in [1.165, 1.54) is 20.2 Å². The third-order valence-corrected chi connectivity index (χ3v) is 5.11. The van der Waals surface area contributed by atoms with Crippen LogP contribution < -0.4 is 4.74 Å². The lowest BCUT2D eigenvalue weighted by atomic mass is 10.1. The van der Waals surface area contributed by atoms with E-state index in [0.717, 1.165) is 16.4 Å². The van der Waals surface area contributed by atoms with Crippen LogP contribution in [0.5, 0.6) is 5.75 Å². The summed E-state index contributed by atoms with van der Waals surface area (Å²) in [6.07, 6.45) is -4.93. The van der Waals surface area contributed by atoms with Gasteiger partial charge < -0.3 is 9.72 Å². The summed E-state index contributed by atoms with van der Waals surface area (Å²) in [6, 6.07) is 8.55. The number of sulfonamides is 1. The summed E-state index contributed by atoms with van der Waals surface area (Å²) in [5.41, 5.74) is 1.31. The molecule has 0 bridgehead atoms. The monoisotopic (exact) mass is 373 g/mol. The SMILES string of the molecule is CN(C)S(=O)(=O)c1ccc(-c2ccc(CC#N)[nH]2)cc1OC(F)(F)F. The van der Waals surface area contributed by atoms with Crippen LogP contribution in [-0.2, 0) is 16.4 Å². The molecule has 0 amide bonds. The van der Waals surface area contributed by atoms with E-state index in [9.17, 15) is 21.6 Å². The lowest BCUT2D eigenvalue weighted by molar-refractivity contribution is -0.275. The summed E-state index contributed by atoms with van der Waals surface area (Å²) in [4.78, 5) is 2.29. The van der Waals surface area contributed by atoms with Gasteiger partial charge in [-0.15, -0.1) is 13.2 Å². The molecular weight excluding hydrogens is 359 g/mol. The van der Waals surface area contributed by atoms with Crippen molar-refractivity contribution in [2.24, 2.45) is 0 Å². The summed E-state index contributed by atoms with van der Waals surface area (Å²) in [5, 5.41) is 8.66. The van der Waals surface area contributed by atoms with Crippen LogP contribution in [0.25, 0.3) is 11.3 Å². The molecule has 0 radical (unpaired) electrons. The van der Waals surface area contributed by atoms with Crippen LogP contribution in [0.1, 0.15) is 5.69 Å². The highest BCUT2D eigenvalue weighted by molar-refractivity contribution is 7.89. The molecule has 0 aliphatic carbocycles. The molecule has 2 aromatic rings. The minimum atomic E-state index is -5.04. The number of aromatic amines is 1. The smallest absolute Gasteiger partial charge is 0.404 e. The summed E-state index contributed by atoms with van der Waals surface area (Å²) in [6.45, 7) is 0. The first kappa shape index (κ1) is 18.8. The fraction of sp³-hybridized carbons (Fsp3) is 0.267. The number of rotatable bonds is 5. The zero-order valence-corrected chi connectivity index (χ0v) is 14.1. The van der Waals surface area contributed by atoms with Gasteiger partial charge in [0.15, 0.2) is 0 Å². The molecule has 6 nitrogen and oxygen atoms in total. The third-order valence-electron chi connectivity index (χ3n) is 3.25. The van der Waals surface area contributed by atoms with Gasteiger partial charge in [0.2, 0.25) is 10.0 Å². The van der Waals surface area contributed by atoms with Crippen molar-refractivity contribution in [3.8, 4) is 23.1 Å². The third kappa shape index (κ3) is 4.32. The van der Waals surface area contributed by atoms with Gasteiger partial charge in [-0.25, -0.2) is 12.7 Å². The zero-order chi connectivity index (χ0) is 18.8. The van der Waals surface area contributed by atoms with Crippen molar-refractivity contribution in [2.75, 3.05) is 14.1 Å². The van der Waals surface area contributed by atoms with Gasteiger partial charge in [-0.1, -0.05) is 6.07 Å². The maximum atomic E-state index is 12.7. The molecule has 0 saturated carbocycles. The second-order valence-electron chi connectivity index (χ2n) is 5.23. The highest BCUT2D eigenvalue weighted by Gasteiger charge is 2.35. The average Bonchev–Trinajstić information content (AvgIpc) is 2.94. The molecular formula is C15H14F3N3O3S. The Balaban J connectivity index is 2.55. The molecule has 1 heterocycles. The van der Waals surface area contributed by atoms with Gasteiger partial charge in [0.05, 0.1) is 12.5 Å². The van der Waals surface area contributed by atoms with E-state index in [1.54, 1.807) is 12.1 Å². The molecule has 0 unspecified atom stereocenters. The van der Waals surface area contributed by atoms with Crippen LogP contribution in [0, 0.1) is 11.3 Å². The van der Waals surface area contributed by atoms with Crippen molar-refractivity contribution in [1.82, 2.24) is 9.29 Å². The lowest BCUT2D eigenvalue weighted by Crippen LogP contribution is -2.25. The molecule has 0 aliphatic rings. The summed E-state index contributed by atoms with van der Waals surface area (Å²) < 4.78 is 67.2. The number of ether oxygens (including phenoxy) is 1. The molecule has 0 aliphatic heterocycles. The van der Waals surface area contributed by atoms with Crippen LogP contribution in [-0.4, -0.2) is 38.2 Å². The fourth-order valence-electron chi connectivity index (χ4n) is 2.09. The van der Waals surface area contributed by atoms with Crippen LogP contribution >= 0.6 is 0 Å². The number of alkyl halides is 3. The second kappa shape index (κ2) is 6.78. The van der Waals surface area contributed by atoms with Gasteiger partial charge in [0, 0.05) is 31.0 Å². The lowest BCUT2D eigenvalue weighted by Gasteiger charge is -2.17. The van der Waals surface area contributed by atoms with Crippen LogP contribution in [0.2, 0.25) is 0 Å². The number of benzene rings is 1. The maximum Gasteiger partial charge on any atom is 0.573 e. The minimum absolute atomic E-state index is 0.110. The Morgan fingerprint density at radius 1 is 1.24 bits per heavy atom. The Morgan fingerprint density at radius 3 is 2.48 bits per heavy atom. The van der Waals surface area contributed by atoms with Gasteiger partial charge in [0.1, 0.15) is 10.6 Å². The quantitative estimate of drug-likeness (QED) is 0.873. The molecule has 25 heavy (non-hydrogen) atoms. The van der Waals surface area contributed by atoms with Gasteiger partial charge >= 0.3 is 6.36 Å². The van der Waals surface area contributed by atoms with Gasteiger partial charge in [-0.3, -0.25) is 0 Å². The Hall–Kier alpha value is -2.51. The number of hydrogen-bond donors (Lipinski definition) is 1. The normalized spacial score (nSPS) is 12.2. The van der Waals surface area contributed by atoms with Crippen LogP contribution in [0.3, 0.4) is 0 Å². The standard InChI is InChI=1S/C15H14F3N3O3S/c1-21(2)25(22,23)14-6-3-10(9-13(14)24-15(16,17)18)12-5-4-11(20-12)7-8-19/h3-6,9,20H,7H2,1-2H3. The number of nitrogens with one attached hydrogen (secondary N) is 1. The molecule has 10 heteroatoms. The van der Waals surface area contributed by atoms with Crippen LogP contribution in [0.4, 0.5) is 13.2 Å². The molecule has 1 aromatic heterocycles. The number of H-pyrrole nitrogens is 1. The van der Waals surface area contributed by atoms with Crippen molar-refractivity contribution in [1.29, 1.82) is 5.26 Å². The number of halogens is 3. The Morgan fingerprint density at radius 2 is 1.92 bits per heavy atom.